The fraction of sp³-hybridized carbons (Fsp3) is 0.250. The highest BCUT2D eigenvalue weighted by atomic mass is 35.5. The van der Waals surface area contributed by atoms with Gasteiger partial charge in [0.05, 0.1) is 23.4 Å². The number of alkyl halides is 3. The molecule has 1 heterocycles. The van der Waals surface area contributed by atoms with Crippen LogP contribution >= 0.6 is 12.4 Å². The molecular weight excluding hydrogens is 343 g/mol. The van der Waals surface area contributed by atoms with Crippen molar-refractivity contribution in [3.8, 4) is 0 Å². The summed E-state index contributed by atoms with van der Waals surface area (Å²) in [6.07, 6.45) is -2.67. The third-order valence-corrected chi connectivity index (χ3v) is 3.39. The van der Waals surface area contributed by atoms with Crippen molar-refractivity contribution in [1.29, 1.82) is 0 Å². The van der Waals surface area contributed by atoms with Crippen LogP contribution in [0, 0.1) is 0 Å². The standard InChI is InChI=1S/C16H16F3N3O.ClH/c1-2-13(10-4-3-5-11(8-10)16(17,18)19)15(23)22-12-6-7-14(20)21-9-12;/h3-9,13H,2H2,1H3,(H2,20,21)(H,22,23);1H. The quantitative estimate of drug-likeness (QED) is 0.858. The van der Waals surface area contributed by atoms with Gasteiger partial charge in [-0.3, -0.25) is 4.79 Å². The average molecular weight is 360 g/mol. The number of nitrogens with one attached hydrogen (secondary N) is 1. The van der Waals surface area contributed by atoms with E-state index in [2.05, 4.69) is 10.3 Å². The van der Waals surface area contributed by atoms with Gasteiger partial charge in [0.2, 0.25) is 5.91 Å². The Hall–Kier alpha value is -2.28. The summed E-state index contributed by atoms with van der Waals surface area (Å²) in [6, 6.07) is 7.93. The number of pyridine rings is 1. The van der Waals surface area contributed by atoms with Crippen molar-refractivity contribution in [2.45, 2.75) is 25.4 Å². The molecule has 0 spiro atoms. The van der Waals surface area contributed by atoms with Crippen LogP contribution in [-0.2, 0) is 11.0 Å². The van der Waals surface area contributed by atoms with Gasteiger partial charge in [-0.2, -0.15) is 13.2 Å². The van der Waals surface area contributed by atoms with Crippen LogP contribution in [0.5, 0.6) is 0 Å². The van der Waals surface area contributed by atoms with Crippen LogP contribution in [0.3, 0.4) is 0 Å². The number of nitrogens with two attached hydrogens (primary N) is 1. The lowest BCUT2D eigenvalue weighted by Gasteiger charge is -2.17. The Bertz CT molecular complexity index is 690. The average Bonchev–Trinajstić information content (AvgIpc) is 2.50. The summed E-state index contributed by atoms with van der Waals surface area (Å²) in [6.45, 7) is 1.74. The van der Waals surface area contributed by atoms with Crippen LogP contribution in [-0.4, -0.2) is 10.9 Å². The summed E-state index contributed by atoms with van der Waals surface area (Å²) < 4.78 is 38.4. The molecule has 0 aliphatic rings. The smallest absolute Gasteiger partial charge is 0.384 e. The summed E-state index contributed by atoms with van der Waals surface area (Å²) in [5.41, 5.74) is 5.46. The molecule has 3 N–H and O–H groups in total. The molecule has 8 heteroatoms. The Morgan fingerprint density at radius 3 is 2.54 bits per heavy atom. The van der Waals surface area contributed by atoms with Gasteiger partial charge in [0.15, 0.2) is 0 Å². The molecule has 0 aliphatic carbocycles. The van der Waals surface area contributed by atoms with Crippen LogP contribution in [0.4, 0.5) is 24.7 Å². The minimum atomic E-state index is -4.44. The number of rotatable bonds is 4. The van der Waals surface area contributed by atoms with Gasteiger partial charge in [0, 0.05) is 0 Å². The number of carbonyl (C=O) groups excluding carboxylic acids is 1. The van der Waals surface area contributed by atoms with Crippen LogP contribution < -0.4 is 11.1 Å². The predicted molar refractivity (Wildman–Crippen MR) is 89.0 cm³/mol. The lowest BCUT2D eigenvalue weighted by molar-refractivity contribution is -0.137. The molecule has 130 valence electrons. The minimum Gasteiger partial charge on any atom is -0.384 e. The minimum absolute atomic E-state index is 0. The van der Waals surface area contributed by atoms with Gasteiger partial charge in [0.1, 0.15) is 5.82 Å². The summed E-state index contributed by atoms with van der Waals surface area (Å²) in [7, 11) is 0. The molecule has 0 saturated carbocycles. The topological polar surface area (TPSA) is 68.0 Å². The fourth-order valence-corrected chi connectivity index (χ4v) is 2.21. The van der Waals surface area contributed by atoms with Gasteiger partial charge < -0.3 is 11.1 Å². The molecule has 1 aromatic heterocycles. The lowest BCUT2D eigenvalue weighted by atomic mass is 9.94. The zero-order chi connectivity index (χ0) is 17.0. The number of carbonyl (C=O) groups is 1. The second-order valence-corrected chi connectivity index (χ2v) is 5.05. The highest BCUT2D eigenvalue weighted by Crippen LogP contribution is 2.32. The maximum atomic E-state index is 12.8. The first-order valence-corrected chi connectivity index (χ1v) is 7.00. The van der Waals surface area contributed by atoms with E-state index in [1.165, 1.54) is 24.4 Å². The summed E-state index contributed by atoms with van der Waals surface area (Å²) in [5, 5.41) is 2.64. The number of hydrogen-bond acceptors (Lipinski definition) is 3. The van der Waals surface area contributed by atoms with Gasteiger partial charge >= 0.3 is 6.18 Å². The molecule has 2 aromatic rings. The first-order valence-electron chi connectivity index (χ1n) is 7.00. The number of halogens is 4. The van der Waals surface area contributed by atoms with E-state index in [9.17, 15) is 18.0 Å². The molecule has 0 saturated heterocycles. The van der Waals surface area contributed by atoms with Gasteiger partial charge in [-0.25, -0.2) is 4.98 Å². The highest BCUT2D eigenvalue weighted by molar-refractivity contribution is 5.95. The summed E-state index contributed by atoms with van der Waals surface area (Å²) in [5.74, 6) is -0.763. The van der Waals surface area contributed by atoms with Gasteiger partial charge in [-0.1, -0.05) is 25.1 Å². The zero-order valence-corrected chi connectivity index (χ0v) is 13.6. The first kappa shape index (κ1) is 19.8. The predicted octanol–water partition coefficient (Wildman–Crippen LogP) is 4.24. The van der Waals surface area contributed by atoms with Crippen LogP contribution in [0.1, 0.15) is 30.4 Å². The van der Waals surface area contributed by atoms with E-state index < -0.39 is 23.6 Å². The maximum absolute atomic E-state index is 12.8. The number of hydrogen-bond donors (Lipinski definition) is 2. The molecule has 0 radical (unpaired) electrons. The first-order chi connectivity index (χ1) is 10.8. The van der Waals surface area contributed by atoms with E-state index in [-0.39, 0.29) is 12.4 Å². The SMILES string of the molecule is CCC(C(=O)Nc1ccc(N)nc1)c1cccc(C(F)(F)F)c1.Cl. The number of aromatic nitrogens is 1. The monoisotopic (exact) mass is 359 g/mol. The van der Waals surface area contributed by atoms with Crippen molar-refractivity contribution in [1.82, 2.24) is 4.98 Å². The molecule has 2 rings (SSSR count). The van der Waals surface area contributed by atoms with Crippen molar-refractivity contribution >= 4 is 29.8 Å². The normalized spacial score (nSPS) is 12.2. The van der Waals surface area contributed by atoms with Crippen molar-refractivity contribution in [3.63, 3.8) is 0 Å². The molecule has 1 aromatic carbocycles. The van der Waals surface area contributed by atoms with Crippen LogP contribution in [0.2, 0.25) is 0 Å². The van der Waals surface area contributed by atoms with Crippen molar-refractivity contribution in [2.75, 3.05) is 11.1 Å². The molecule has 1 atom stereocenters. The Morgan fingerprint density at radius 1 is 1.29 bits per heavy atom. The van der Waals surface area contributed by atoms with Crippen molar-refractivity contribution in [3.05, 3.63) is 53.7 Å². The van der Waals surface area contributed by atoms with Crippen LogP contribution in [0.25, 0.3) is 0 Å². The number of nitrogens with zero attached hydrogens (tertiary/aromatic N) is 1. The van der Waals surface area contributed by atoms with Crippen LogP contribution in [0.15, 0.2) is 42.6 Å². The molecule has 0 bridgehead atoms. The third kappa shape index (κ3) is 4.86. The largest absolute Gasteiger partial charge is 0.416 e. The number of benzene rings is 1. The van der Waals surface area contributed by atoms with Gasteiger partial charge in [-0.15, -0.1) is 12.4 Å². The molecule has 0 aliphatic heterocycles. The van der Waals surface area contributed by atoms with E-state index in [1.54, 1.807) is 13.0 Å². The second kappa shape index (κ2) is 8.01. The zero-order valence-electron chi connectivity index (χ0n) is 12.8. The maximum Gasteiger partial charge on any atom is 0.416 e. The second-order valence-electron chi connectivity index (χ2n) is 5.05. The molecule has 1 unspecified atom stereocenters. The Balaban J connectivity index is 0.00000288. The molecular formula is C16H17ClF3N3O. The summed E-state index contributed by atoms with van der Waals surface area (Å²) >= 11 is 0. The fourth-order valence-electron chi connectivity index (χ4n) is 2.21. The summed E-state index contributed by atoms with van der Waals surface area (Å²) in [4.78, 5) is 16.2. The number of amides is 1. The van der Waals surface area contributed by atoms with E-state index in [0.29, 0.717) is 23.5 Å². The van der Waals surface area contributed by atoms with Crippen molar-refractivity contribution < 1.29 is 18.0 Å². The lowest BCUT2D eigenvalue weighted by Crippen LogP contribution is -2.21. The molecule has 1 amide bonds. The highest BCUT2D eigenvalue weighted by Gasteiger charge is 2.31. The Kier molecular flexibility index (Phi) is 6.60. The van der Waals surface area contributed by atoms with Gasteiger partial charge in [-0.05, 0) is 30.2 Å². The molecule has 0 fully saturated rings. The Labute approximate surface area is 143 Å². The number of nitrogen functional groups attached to an aromatic ring is 1. The van der Waals surface area contributed by atoms with E-state index in [1.807, 2.05) is 0 Å². The number of anilines is 2. The van der Waals surface area contributed by atoms with E-state index >= 15 is 0 Å². The van der Waals surface area contributed by atoms with E-state index in [4.69, 9.17) is 5.73 Å². The molecule has 24 heavy (non-hydrogen) atoms. The Morgan fingerprint density at radius 2 is 2.00 bits per heavy atom. The van der Waals surface area contributed by atoms with Gasteiger partial charge in [0.25, 0.3) is 0 Å². The van der Waals surface area contributed by atoms with Crippen molar-refractivity contribution in [2.24, 2.45) is 0 Å². The van der Waals surface area contributed by atoms with E-state index in [0.717, 1.165) is 12.1 Å². The third-order valence-electron chi connectivity index (χ3n) is 3.39. The molecule has 4 nitrogen and oxygen atoms in total.